The maximum Gasteiger partial charge on any atom is 0.407 e. The third kappa shape index (κ3) is 7.27. The first-order valence-corrected chi connectivity index (χ1v) is 9.60. The lowest BCUT2D eigenvalue weighted by molar-refractivity contribution is -0.124. The van der Waals surface area contributed by atoms with Crippen LogP contribution in [-0.2, 0) is 14.3 Å². The Morgan fingerprint density at radius 1 is 1.34 bits per heavy atom. The van der Waals surface area contributed by atoms with Crippen molar-refractivity contribution in [3.8, 4) is 18.1 Å². The maximum absolute atomic E-state index is 13.4. The van der Waals surface area contributed by atoms with Gasteiger partial charge in [-0.3, -0.25) is 4.79 Å². The monoisotopic (exact) mass is 406 g/mol. The van der Waals surface area contributed by atoms with E-state index < -0.39 is 12.0 Å². The highest BCUT2D eigenvalue weighted by atomic mass is 19.1. The van der Waals surface area contributed by atoms with Gasteiger partial charge in [0.05, 0.1) is 19.8 Å². The van der Waals surface area contributed by atoms with Crippen molar-refractivity contribution in [1.29, 1.82) is 0 Å². The third-order valence-electron chi connectivity index (χ3n) is 4.43. The molecule has 0 bridgehead atoms. The molecule has 1 unspecified atom stereocenters. The first kappa shape index (κ1) is 22.5. The molecule has 0 aliphatic carbocycles. The van der Waals surface area contributed by atoms with Gasteiger partial charge in [0.15, 0.2) is 0 Å². The first-order valence-electron chi connectivity index (χ1n) is 9.60. The van der Waals surface area contributed by atoms with Gasteiger partial charge in [0.2, 0.25) is 0 Å². The largest absolute Gasteiger partial charge is 0.491 e. The summed E-state index contributed by atoms with van der Waals surface area (Å²) in [5, 5.41) is 2.59. The summed E-state index contributed by atoms with van der Waals surface area (Å²) in [5.41, 5.74) is 0.935. The minimum absolute atomic E-state index is 0.221. The Morgan fingerprint density at radius 3 is 2.86 bits per heavy atom. The highest BCUT2D eigenvalue weighted by molar-refractivity contribution is 5.93. The van der Waals surface area contributed by atoms with Crippen LogP contribution in [0.4, 0.5) is 9.18 Å². The summed E-state index contributed by atoms with van der Waals surface area (Å²) in [6, 6.07) is 4.51. The van der Waals surface area contributed by atoms with Gasteiger partial charge in [-0.25, -0.2) is 9.18 Å². The van der Waals surface area contributed by atoms with Crippen molar-refractivity contribution in [1.82, 2.24) is 10.2 Å². The van der Waals surface area contributed by atoms with Gasteiger partial charge in [0.25, 0.3) is 5.91 Å². The van der Waals surface area contributed by atoms with Gasteiger partial charge in [-0.05, 0) is 23.5 Å². The zero-order valence-electron chi connectivity index (χ0n) is 16.8. The van der Waals surface area contributed by atoms with Gasteiger partial charge in [0.1, 0.15) is 24.3 Å². The second kappa shape index (κ2) is 11.3. The van der Waals surface area contributed by atoms with Crippen LogP contribution in [0.3, 0.4) is 0 Å². The minimum Gasteiger partial charge on any atom is -0.491 e. The zero-order chi connectivity index (χ0) is 21.2. The standard InChI is InChI=1S/C21H27FN2O5/c1-4-20(25)24-9-7-17(14-24)29-21(26)23-8-10-27-11-12-28-19-13-16(22)5-6-18(19)15(2)3/h1,5-6,13,15,17H,7-12,14H2,2-3H3,(H,23,26). The molecule has 7 nitrogen and oxygen atoms in total. The summed E-state index contributed by atoms with van der Waals surface area (Å²) < 4.78 is 29.7. The number of likely N-dealkylation sites (tertiary alicyclic amines) is 1. The Kier molecular flexibility index (Phi) is 8.74. The number of rotatable bonds is 9. The molecule has 0 radical (unpaired) electrons. The van der Waals surface area contributed by atoms with Crippen LogP contribution in [0.2, 0.25) is 0 Å². The molecular formula is C21H27FN2O5. The molecular weight excluding hydrogens is 379 g/mol. The zero-order valence-corrected chi connectivity index (χ0v) is 16.8. The molecule has 1 saturated heterocycles. The van der Waals surface area contributed by atoms with E-state index >= 15 is 0 Å². The Bertz CT molecular complexity index is 747. The van der Waals surface area contributed by atoms with Crippen LogP contribution < -0.4 is 10.1 Å². The van der Waals surface area contributed by atoms with E-state index in [1.54, 1.807) is 6.07 Å². The molecule has 1 fully saturated rings. The summed E-state index contributed by atoms with van der Waals surface area (Å²) >= 11 is 0. The highest BCUT2D eigenvalue weighted by Gasteiger charge is 2.27. The number of benzene rings is 1. The van der Waals surface area contributed by atoms with E-state index in [0.29, 0.717) is 31.9 Å². The van der Waals surface area contributed by atoms with Crippen LogP contribution in [0, 0.1) is 18.2 Å². The lowest BCUT2D eigenvalue weighted by Crippen LogP contribution is -2.34. The molecule has 2 rings (SSSR count). The number of hydrogen-bond donors (Lipinski definition) is 1. The van der Waals surface area contributed by atoms with Crippen molar-refractivity contribution in [2.24, 2.45) is 0 Å². The number of carbonyl (C=O) groups excluding carboxylic acids is 2. The number of carbonyl (C=O) groups is 2. The number of nitrogens with zero attached hydrogens (tertiary/aromatic N) is 1. The molecule has 1 aromatic carbocycles. The van der Waals surface area contributed by atoms with E-state index in [2.05, 4.69) is 5.32 Å². The Balaban J connectivity index is 1.56. The lowest BCUT2D eigenvalue weighted by Gasteiger charge is -2.15. The van der Waals surface area contributed by atoms with Crippen molar-refractivity contribution >= 4 is 12.0 Å². The van der Waals surface area contributed by atoms with Crippen molar-refractivity contribution in [2.45, 2.75) is 32.3 Å². The summed E-state index contributed by atoms with van der Waals surface area (Å²) in [7, 11) is 0. The van der Waals surface area contributed by atoms with Gasteiger partial charge in [-0.2, -0.15) is 0 Å². The quantitative estimate of drug-likeness (QED) is 0.503. The molecule has 0 aromatic heterocycles. The number of hydrogen-bond acceptors (Lipinski definition) is 5. The fraction of sp³-hybridized carbons (Fsp3) is 0.524. The lowest BCUT2D eigenvalue weighted by atomic mass is 10.0. The number of amides is 2. The molecule has 1 aliphatic heterocycles. The van der Waals surface area contributed by atoms with Gasteiger partial charge in [-0.15, -0.1) is 6.42 Å². The van der Waals surface area contributed by atoms with Crippen LogP contribution in [0.1, 0.15) is 31.7 Å². The number of alkyl carbamates (subject to hydrolysis) is 1. The topological polar surface area (TPSA) is 77.1 Å². The number of nitrogens with one attached hydrogen (secondary N) is 1. The van der Waals surface area contributed by atoms with Crippen LogP contribution in [0.5, 0.6) is 5.75 Å². The minimum atomic E-state index is -0.564. The predicted octanol–water partition coefficient (Wildman–Crippen LogP) is 2.30. The van der Waals surface area contributed by atoms with Crippen LogP contribution in [0.25, 0.3) is 0 Å². The van der Waals surface area contributed by atoms with Crippen LogP contribution in [0.15, 0.2) is 18.2 Å². The van der Waals surface area contributed by atoms with E-state index in [0.717, 1.165) is 5.56 Å². The van der Waals surface area contributed by atoms with E-state index in [9.17, 15) is 14.0 Å². The molecule has 8 heteroatoms. The molecule has 158 valence electrons. The second-order valence-electron chi connectivity index (χ2n) is 6.94. The highest BCUT2D eigenvalue weighted by Crippen LogP contribution is 2.27. The number of ether oxygens (including phenoxy) is 3. The molecule has 1 atom stereocenters. The Hall–Kier alpha value is -2.79. The molecule has 2 amide bonds. The fourth-order valence-electron chi connectivity index (χ4n) is 2.94. The molecule has 1 aliphatic rings. The van der Waals surface area contributed by atoms with Crippen LogP contribution >= 0.6 is 0 Å². The fourth-order valence-corrected chi connectivity index (χ4v) is 2.94. The van der Waals surface area contributed by atoms with E-state index in [-0.39, 0.29) is 37.6 Å². The van der Waals surface area contributed by atoms with Crippen molar-refractivity contribution in [3.63, 3.8) is 0 Å². The normalized spacial score (nSPS) is 15.8. The maximum atomic E-state index is 13.4. The van der Waals surface area contributed by atoms with Gasteiger partial charge >= 0.3 is 6.09 Å². The SMILES string of the molecule is C#CC(=O)N1CCC(OC(=O)NCCOCCOc2cc(F)ccc2C(C)C)C1. The smallest absolute Gasteiger partial charge is 0.407 e. The number of terminal acetylenes is 1. The molecule has 1 aromatic rings. The summed E-state index contributed by atoms with van der Waals surface area (Å²) in [6.45, 7) is 5.94. The van der Waals surface area contributed by atoms with Crippen molar-refractivity contribution in [2.75, 3.05) is 39.5 Å². The molecule has 1 heterocycles. The molecule has 1 N–H and O–H groups in total. The number of halogens is 1. The van der Waals surface area contributed by atoms with Crippen molar-refractivity contribution in [3.05, 3.63) is 29.6 Å². The third-order valence-corrected chi connectivity index (χ3v) is 4.43. The average Bonchev–Trinajstić information content (AvgIpc) is 3.14. The molecule has 0 spiro atoms. The van der Waals surface area contributed by atoms with Gasteiger partial charge in [-0.1, -0.05) is 19.9 Å². The second-order valence-corrected chi connectivity index (χ2v) is 6.94. The van der Waals surface area contributed by atoms with E-state index in [1.165, 1.54) is 17.0 Å². The Morgan fingerprint density at radius 2 is 2.14 bits per heavy atom. The van der Waals surface area contributed by atoms with Crippen molar-refractivity contribution < 1.29 is 28.2 Å². The van der Waals surface area contributed by atoms with Gasteiger partial charge in [0, 0.05) is 25.6 Å². The van der Waals surface area contributed by atoms with E-state index in [1.807, 2.05) is 19.8 Å². The first-order chi connectivity index (χ1) is 13.9. The van der Waals surface area contributed by atoms with Gasteiger partial charge < -0.3 is 24.4 Å². The van der Waals surface area contributed by atoms with E-state index in [4.69, 9.17) is 20.6 Å². The summed E-state index contributed by atoms with van der Waals surface area (Å²) in [4.78, 5) is 24.6. The van der Waals surface area contributed by atoms with Crippen LogP contribution in [-0.4, -0.2) is 62.5 Å². The summed E-state index contributed by atoms with van der Waals surface area (Å²) in [6.07, 6.45) is 4.71. The Labute approximate surface area is 170 Å². The average molecular weight is 406 g/mol. The predicted molar refractivity (Wildman–Crippen MR) is 105 cm³/mol. The molecule has 29 heavy (non-hydrogen) atoms. The summed E-state index contributed by atoms with van der Waals surface area (Å²) in [5.74, 6) is 2.04. The molecule has 0 saturated carbocycles.